The number of carbonyl (C=O) groups is 3. The Morgan fingerprint density at radius 1 is 1.15 bits per heavy atom. The summed E-state index contributed by atoms with van der Waals surface area (Å²) < 4.78 is 0. The molecule has 6 heteroatoms. The van der Waals surface area contributed by atoms with Gasteiger partial charge in [-0.15, -0.1) is 0 Å². The van der Waals surface area contributed by atoms with Gasteiger partial charge in [-0.25, -0.2) is 0 Å². The molecule has 112 valence electrons. The third-order valence-electron chi connectivity index (χ3n) is 4.27. The van der Waals surface area contributed by atoms with Crippen LogP contribution in [0.5, 0.6) is 0 Å². The van der Waals surface area contributed by atoms with E-state index in [0.29, 0.717) is 32.4 Å². The van der Waals surface area contributed by atoms with Crippen molar-refractivity contribution >= 4 is 17.8 Å². The van der Waals surface area contributed by atoms with E-state index in [-0.39, 0.29) is 29.7 Å². The van der Waals surface area contributed by atoms with Crippen molar-refractivity contribution in [3.63, 3.8) is 0 Å². The molecule has 0 spiro atoms. The van der Waals surface area contributed by atoms with E-state index >= 15 is 0 Å². The summed E-state index contributed by atoms with van der Waals surface area (Å²) in [6, 6.07) is 0.0295. The summed E-state index contributed by atoms with van der Waals surface area (Å²) in [6.45, 7) is 2.74. The van der Waals surface area contributed by atoms with E-state index in [1.54, 1.807) is 4.90 Å². The quantitative estimate of drug-likeness (QED) is 0.794. The van der Waals surface area contributed by atoms with Gasteiger partial charge in [0.1, 0.15) is 0 Å². The number of amides is 2. The van der Waals surface area contributed by atoms with Crippen molar-refractivity contribution in [3.8, 4) is 0 Å². The maximum Gasteiger partial charge on any atom is 0.306 e. The van der Waals surface area contributed by atoms with Crippen molar-refractivity contribution in [3.05, 3.63) is 0 Å². The minimum atomic E-state index is -0.796. The average Bonchev–Trinajstić information content (AvgIpc) is 2.87. The number of carboxylic acid groups (broad SMARTS) is 1. The third-order valence-corrected chi connectivity index (χ3v) is 4.27. The number of nitrogens with zero attached hydrogens (tertiary/aromatic N) is 1. The summed E-state index contributed by atoms with van der Waals surface area (Å²) in [4.78, 5) is 36.2. The zero-order valence-electron chi connectivity index (χ0n) is 11.8. The Morgan fingerprint density at radius 2 is 1.85 bits per heavy atom. The maximum atomic E-state index is 12.4. The molecule has 1 saturated carbocycles. The lowest BCUT2D eigenvalue weighted by atomic mass is 10.00. The van der Waals surface area contributed by atoms with Gasteiger partial charge in [-0.3, -0.25) is 14.4 Å². The van der Waals surface area contributed by atoms with E-state index in [1.165, 1.54) is 6.92 Å². The van der Waals surface area contributed by atoms with Crippen molar-refractivity contribution in [2.75, 3.05) is 13.1 Å². The number of hydrogen-bond acceptors (Lipinski definition) is 3. The molecule has 3 atom stereocenters. The average molecular weight is 282 g/mol. The van der Waals surface area contributed by atoms with Gasteiger partial charge < -0.3 is 15.3 Å². The first-order chi connectivity index (χ1) is 9.47. The summed E-state index contributed by atoms with van der Waals surface area (Å²) in [6.07, 6.45) is 3.48. The minimum Gasteiger partial charge on any atom is -0.481 e. The number of carbonyl (C=O) groups excluding carboxylic acids is 2. The van der Waals surface area contributed by atoms with Crippen LogP contribution >= 0.6 is 0 Å². The molecule has 1 heterocycles. The van der Waals surface area contributed by atoms with Crippen LogP contribution in [0, 0.1) is 11.8 Å². The zero-order chi connectivity index (χ0) is 14.7. The lowest BCUT2D eigenvalue weighted by Crippen LogP contribution is -2.50. The molecule has 2 fully saturated rings. The molecule has 0 radical (unpaired) electrons. The molecule has 0 bridgehead atoms. The van der Waals surface area contributed by atoms with Crippen LogP contribution < -0.4 is 5.32 Å². The number of piperidine rings is 1. The molecule has 1 saturated heterocycles. The molecule has 6 nitrogen and oxygen atoms in total. The van der Waals surface area contributed by atoms with E-state index in [9.17, 15) is 14.4 Å². The molecule has 2 aliphatic rings. The lowest BCUT2D eigenvalue weighted by Gasteiger charge is -2.34. The van der Waals surface area contributed by atoms with Gasteiger partial charge in [0.25, 0.3) is 0 Å². The molecular formula is C14H22N2O4. The molecule has 1 aliphatic heterocycles. The SMILES string of the molecule is CC(=O)NC1CCCN(C(=O)[C@@H]2CC[C@H](C(=O)O)C2)C1. The highest BCUT2D eigenvalue weighted by molar-refractivity contribution is 5.81. The van der Waals surface area contributed by atoms with Crippen LogP contribution in [-0.4, -0.2) is 46.9 Å². The first kappa shape index (κ1) is 14.8. The predicted molar refractivity (Wildman–Crippen MR) is 71.9 cm³/mol. The van der Waals surface area contributed by atoms with E-state index < -0.39 is 5.97 Å². The molecule has 1 unspecified atom stereocenters. The number of hydrogen-bond donors (Lipinski definition) is 2. The van der Waals surface area contributed by atoms with Gasteiger partial charge in [0.15, 0.2) is 0 Å². The monoisotopic (exact) mass is 282 g/mol. The second-order valence-corrected chi connectivity index (χ2v) is 5.87. The normalized spacial score (nSPS) is 30.1. The highest BCUT2D eigenvalue weighted by atomic mass is 16.4. The van der Waals surface area contributed by atoms with E-state index in [1.807, 2.05) is 0 Å². The first-order valence-corrected chi connectivity index (χ1v) is 7.26. The minimum absolute atomic E-state index is 0.0295. The Balaban J connectivity index is 1.89. The molecule has 1 aliphatic carbocycles. The highest BCUT2D eigenvalue weighted by Crippen LogP contribution is 2.32. The number of nitrogens with one attached hydrogen (secondary N) is 1. The van der Waals surface area contributed by atoms with Crippen LogP contribution in [0.15, 0.2) is 0 Å². The van der Waals surface area contributed by atoms with Crippen LogP contribution in [0.3, 0.4) is 0 Å². The van der Waals surface area contributed by atoms with Gasteiger partial charge in [-0.05, 0) is 32.1 Å². The Bertz CT molecular complexity index is 410. The first-order valence-electron chi connectivity index (χ1n) is 7.26. The number of carboxylic acids is 1. The fraction of sp³-hybridized carbons (Fsp3) is 0.786. The van der Waals surface area contributed by atoms with Crippen LogP contribution in [-0.2, 0) is 14.4 Å². The predicted octanol–water partition coefficient (Wildman–Crippen LogP) is 0.614. The highest BCUT2D eigenvalue weighted by Gasteiger charge is 2.37. The molecular weight excluding hydrogens is 260 g/mol. The van der Waals surface area contributed by atoms with E-state index in [0.717, 1.165) is 12.8 Å². The summed E-state index contributed by atoms with van der Waals surface area (Å²) in [7, 11) is 0. The second kappa shape index (κ2) is 6.24. The summed E-state index contributed by atoms with van der Waals surface area (Å²) >= 11 is 0. The van der Waals surface area contributed by atoms with Crippen molar-refractivity contribution in [1.82, 2.24) is 10.2 Å². The molecule has 0 aromatic carbocycles. The van der Waals surface area contributed by atoms with Gasteiger partial charge in [0, 0.05) is 32.0 Å². The number of rotatable bonds is 3. The molecule has 2 rings (SSSR count). The van der Waals surface area contributed by atoms with Crippen LogP contribution in [0.1, 0.15) is 39.0 Å². The Kier molecular flexibility index (Phi) is 4.62. The molecule has 20 heavy (non-hydrogen) atoms. The Labute approximate surface area is 118 Å². The van der Waals surface area contributed by atoms with Gasteiger partial charge in [0.05, 0.1) is 5.92 Å². The fourth-order valence-electron chi connectivity index (χ4n) is 3.27. The molecule has 0 aromatic rings. The Hall–Kier alpha value is -1.59. The smallest absolute Gasteiger partial charge is 0.306 e. The molecule has 0 aromatic heterocycles. The summed E-state index contributed by atoms with van der Waals surface area (Å²) in [5, 5.41) is 11.8. The van der Waals surface area contributed by atoms with Gasteiger partial charge in [0.2, 0.25) is 11.8 Å². The summed E-state index contributed by atoms with van der Waals surface area (Å²) in [5.41, 5.74) is 0. The zero-order valence-corrected chi connectivity index (χ0v) is 11.8. The van der Waals surface area contributed by atoms with E-state index in [2.05, 4.69) is 5.32 Å². The topological polar surface area (TPSA) is 86.7 Å². The van der Waals surface area contributed by atoms with Crippen LogP contribution in [0.2, 0.25) is 0 Å². The van der Waals surface area contributed by atoms with Crippen molar-refractivity contribution in [2.45, 2.75) is 45.1 Å². The molecule has 2 N–H and O–H groups in total. The third kappa shape index (κ3) is 3.49. The second-order valence-electron chi connectivity index (χ2n) is 5.87. The lowest BCUT2D eigenvalue weighted by molar-refractivity contribution is -0.142. The molecule has 2 amide bonds. The van der Waals surface area contributed by atoms with Crippen molar-refractivity contribution in [2.24, 2.45) is 11.8 Å². The number of aliphatic carboxylic acids is 1. The van der Waals surface area contributed by atoms with Crippen molar-refractivity contribution < 1.29 is 19.5 Å². The summed E-state index contributed by atoms with van der Waals surface area (Å²) in [5.74, 6) is -1.35. The van der Waals surface area contributed by atoms with E-state index in [4.69, 9.17) is 5.11 Å². The van der Waals surface area contributed by atoms with Crippen LogP contribution in [0.4, 0.5) is 0 Å². The van der Waals surface area contributed by atoms with Gasteiger partial charge in [-0.1, -0.05) is 0 Å². The number of likely N-dealkylation sites (tertiary alicyclic amines) is 1. The van der Waals surface area contributed by atoms with Gasteiger partial charge in [-0.2, -0.15) is 0 Å². The van der Waals surface area contributed by atoms with Gasteiger partial charge >= 0.3 is 5.97 Å². The Morgan fingerprint density at radius 3 is 2.45 bits per heavy atom. The van der Waals surface area contributed by atoms with Crippen molar-refractivity contribution in [1.29, 1.82) is 0 Å². The van der Waals surface area contributed by atoms with Crippen LogP contribution in [0.25, 0.3) is 0 Å². The fourth-order valence-corrected chi connectivity index (χ4v) is 3.27. The maximum absolute atomic E-state index is 12.4. The largest absolute Gasteiger partial charge is 0.481 e. The standard InChI is InChI=1S/C14H22N2O4/c1-9(17)15-12-3-2-6-16(8-12)13(18)10-4-5-11(7-10)14(19)20/h10-12H,2-8H2,1H3,(H,15,17)(H,19,20)/t10-,11+,12?/m1/s1.